The number of nitrogens with zero attached hydrogens (tertiary/aromatic N) is 2. The second-order valence-electron chi connectivity index (χ2n) is 8.93. The number of hydrogen-bond acceptors (Lipinski definition) is 6. The van der Waals surface area contributed by atoms with Crippen LogP contribution in [-0.4, -0.2) is 61.2 Å². The molecular formula is C26H26FN3O6. The lowest BCUT2D eigenvalue weighted by molar-refractivity contribution is -0.119. The molecule has 0 saturated carbocycles. The highest BCUT2D eigenvalue weighted by Gasteiger charge is 2.33. The first-order chi connectivity index (χ1) is 17.4. The number of halogens is 1. The van der Waals surface area contributed by atoms with Gasteiger partial charge in [-0.2, -0.15) is 0 Å². The zero-order chi connectivity index (χ0) is 25.2. The van der Waals surface area contributed by atoms with Crippen LogP contribution in [0.2, 0.25) is 0 Å². The van der Waals surface area contributed by atoms with Crippen LogP contribution in [0.1, 0.15) is 30.3 Å². The quantitative estimate of drug-likeness (QED) is 0.560. The second-order valence-corrected chi connectivity index (χ2v) is 8.93. The summed E-state index contributed by atoms with van der Waals surface area (Å²) in [6.07, 6.45) is -0.246. The van der Waals surface area contributed by atoms with E-state index in [4.69, 9.17) is 13.9 Å². The lowest BCUT2D eigenvalue weighted by atomic mass is 10.1. The van der Waals surface area contributed by atoms with E-state index < -0.39 is 18.0 Å². The first-order valence-electron chi connectivity index (χ1n) is 11.8. The van der Waals surface area contributed by atoms with Crippen LogP contribution in [0, 0.1) is 5.82 Å². The zero-order valence-corrected chi connectivity index (χ0v) is 19.7. The molecule has 0 radical (unpaired) electrons. The van der Waals surface area contributed by atoms with Crippen LogP contribution in [0.25, 0.3) is 11.0 Å². The monoisotopic (exact) mass is 495 g/mol. The van der Waals surface area contributed by atoms with E-state index in [1.807, 2.05) is 24.3 Å². The average molecular weight is 496 g/mol. The fourth-order valence-electron chi connectivity index (χ4n) is 4.45. The fraction of sp³-hybridized carbons (Fsp3) is 0.346. The highest BCUT2D eigenvalue weighted by molar-refractivity contribution is 5.96. The molecule has 188 valence electrons. The SMILES string of the molecule is CC(=O)NC[C@H]1CN(c2ccc(OC3CCN(C(=O)c4cc5ccccc5o4)CC3)c(F)c2)C(=O)O1. The van der Waals surface area contributed by atoms with Gasteiger partial charge in [0.2, 0.25) is 5.91 Å². The third-order valence-corrected chi connectivity index (χ3v) is 6.34. The summed E-state index contributed by atoms with van der Waals surface area (Å²) >= 11 is 0. The summed E-state index contributed by atoms with van der Waals surface area (Å²) in [6, 6.07) is 13.5. The summed E-state index contributed by atoms with van der Waals surface area (Å²) in [6.45, 7) is 2.71. The van der Waals surface area contributed by atoms with E-state index in [1.54, 1.807) is 17.0 Å². The number of anilines is 1. The van der Waals surface area contributed by atoms with Crippen molar-refractivity contribution in [2.24, 2.45) is 0 Å². The van der Waals surface area contributed by atoms with E-state index in [1.165, 1.54) is 24.0 Å². The summed E-state index contributed by atoms with van der Waals surface area (Å²) in [5.41, 5.74) is 1.02. The number of hydrogen-bond donors (Lipinski definition) is 1. The molecule has 2 aliphatic rings. The van der Waals surface area contributed by atoms with Crippen LogP contribution < -0.4 is 15.0 Å². The van der Waals surface area contributed by atoms with E-state index >= 15 is 0 Å². The molecule has 1 aromatic heterocycles. The lowest BCUT2D eigenvalue weighted by Crippen LogP contribution is -2.41. The lowest BCUT2D eigenvalue weighted by Gasteiger charge is -2.31. The van der Waals surface area contributed by atoms with Crippen molar-refractivity contribution in [3.63, 3.8) is 0 Å². The maximum Gasteiger partial charge on any atom is 0.414 e. The van der Waals surface area contributed by atoms with Crippen LogP contribution in [-0.2, 0) is 9.53 Å². The molecule has 2 fully saturated rings. The van der Waals surface area contributed by atoms with Crippen molar-refractivity contribution in [2.45, 2.75) is 32.0 Å². The Bertz CT molecular complexity index is 1270. The minimum absolute atomic E-state index is 0.0863. The number of piperidine rings is 1. The van der Waals surface area contributed by atoms with E-state index in [9.17, 15) is 18.8 Å². The van der Waals surface area contributed by atoms with Gasteiger partial charge in [0.25, 0.3) is 5.91 Å². The summed E-state index contributed by atoms with van der Waals surface area (Å²) in [5, 5.41) is 3.48. The van der Waals surface area contributed by atoms with E-state index in [0.29, 0.717) is 43.0 Å². The number of ether oxygens (including phenoxy) is 2. The van der Waals surface area contributed by atoms with Gasteiger partial charge in [0.15, 0.2) is 17.3 Å². The number of benzene rings is 2. The number of carbonyl (C=O) groups excluding carboxylic acids is 3. The van der Waals surface area contributed by atoms with Gasteiger partial charge in [0, 0.05) is 44.3 Å². The number of nitrogens with one attached hydrogen (secondary N) is 1. The van der Waals surface area contributed by atoms with Gasteiger partial charge in [-0.25, -0.2) is 9.18 Å². The molecule has 2 aromatic carbocycles. The number of fused-ring (bicyclic) bond motifs is 1. The van der Waals surface area contributed by atoms with Crippen molar-refractivity contribution in [2.75, 3.05) is 31.1 Å². The molecule has 9 nitrogen and oxygen atoms in total. The molecule has 0 spiro atoms. The molecule has 2 aliphatic heterocycles. The Morgan fingerprint density at radius 3 is 2.64 bits per heavy atom. The van der Waals surface area contributed by atoms with E-state index in [-0.39, 0.29) is 36.8 Å². The Kier molecular flexibility index (Phi) is 6.49. The Hall–Kier alpha value is -4.08. The van der Waals surface area contributed by atoms with Crippen molar-refractivity contribution in [3.8, 4) is 5.75 Å². The second kappa shape index (κ2) is 9.88. The summed E-state index contributed by atoms with van der Waals surface area (Å²) in [4.78, 5) is 39.1. The molecule has 2 saturated heterocycles. The van der Waals surface area contributed by atoms with Gasteiger partial charge >= 0.3 is 6.09 Å². The molecule has 3 amide bonds. The van der Waals surface area contributed by atoms with Crippen LogP contribution in [0.4, 0.5) is 14.9 Å². The highest BCUT2D eigenvalue weighted by atomic mass is 19.1. The topological polar surface area (TPSA) is 101 Å². The van der Waals surface area contributed by atoms with Crippen LogP contribution >= 0.6 is 0 Å². The molecule has 10 heteroatoms. The van der Waals surface area contributed by atoms with E-state index in [0.717, 1.165) is 5.39 Å². The number of furan rings is 1. The number of amides is 3. The third-order valence-electron chi connectivity index (χ3n) is 6.34. The number of para-hydroxylation sites is 1. The Balaban J connectivity index is 1.16. The summed E-state index contributed by atoms with van der Waals surface area (Å²) in [7, 11) is 0. The van der Waals surface area contributed by atoms with Gasteiger partial charge in [-0.15, -0.1) is 0 Å². The number of carbonyl (C=O) groups is 3. The van der Waals surface area contributed by atoms with Crippen LogP contribution in [0.15, 0.2) is 52.9 Å². The molecule has 1 atom stereocenters. The van der Waals surface area contributed by atoms with Gasteiger partial charge in [-0.1, -0.05) is 18.2 Å². The molecule has 0 aliphatic carbocycles. The normalized spacial score (nSPS) is 18.4. The highest BCUT2D eigenvalue weighted by Crippen LogP contribution is 2.29. The van der Waals surface area contributed by atoms with Gasteiger partial charge in [0.05, 0.1) is 18.8 Å². The summed E-state index contributed by atoms with van der Waals surface area (Å²) < 4.78 is 31.6. The Labute approximate surface area is 206 Å². The third kappa shape index (κ3) is 4.98. The van der Waals surface area contributed by atoms with Gasteiger partial charge in [0.1, 0.15) is 17.8 Å². The Morgan fingerprint density at radius 1 is 1.14 bits per heavy atom. The molecule has 5 rings (SSSR count). The first kappa shape index (κ1) is 23.7. The maximum atomic E-state index is 14.8. The van der Waals surface area contributed by atoms with Crippen molar-refractivity contribution >= 4 is 34.6 Å². The van der Waals surface area contributed by atoms with Crippen molar-refractivity contribution < 1.29 is 32.7 Å². The fourth-order valence-corrected chi connectivity index (χ4v) is 4.45. The molecule has 3 aromatic rings. The smallest absolute Gasteiger partial charge is 0.414 e. The van der Waals surface area contributed by atoms with Crippen LogP contribution in [0.5, 0.6) is 5.75 Å². The molecule has 0 bridgehead atoms. The summed E-state index contributed by atoms with van der Waals surface area (Å²) in [5.74, 6) is -0.595. The number of rotatable bonds is 6. The Morgan fingerprint density at radius 2 is 1.92 bits per heavy atom. The van der Waals surface area contributed by atoms with Crippen molar-refractivity contribution in [1.29, 1.82) is 0 Å². The predicted molar refractivity (Wildman–Crippen MR) is 128 cm³/mol. The average Bonchev–Trinajstić information content (AvgIpc) is 3.47. The standard InChI is InChI=1S/C26H26FN3O6/c1-16(31)28-14-20-15-30(26(33)35-20)18-6-7-23(21(27)13-18)34-19-8-10-29(11-9-19)25(32)24-12-17-4-2-3-5-22(17)36-24/h2-7,12-13,19-20H,8-11,14-15H2,1H3,(H,28,31)/t20-/m0/s1. The van der Waals surface area contributed by atoms with Crippen molar-refractivity contribution in [3.05, 3.63) is 60.1 Å². The van der Waals surface area contributed by atoms with Gasteiger partial charge in [-0.05, 0) is 24.3 Å². The minimum atomic E-state index is -0.597. The molecule has 36 heavy (non-hydrogen) atoms. The predicted octanol–water partition coefficient (Wildman–Crippen LogP) is 3.72. The molecule has 1 N–H and O–H groups in total. The minimum Gasteiger partial charge on any atom is -0.487 e. The number of likely N-dealkylation sites (tertiary alicyclic amines) is 1. The van der Waals surface area contributed by atoms with E-state index in [2.05, 4.69) is 5.32 Å². The largest absolute Gasteiger partial charge is 0.487 e. The van der Waals surface area contributed by atoms with Gasteiger partial charge in [-0.3, -0.25) is 14.5 Å². The number of cyclic esters (lactones) is 1. The molecule has 3 heterocycles. The van der Waals surface area contributed by atoms with Gasteiger partial charge < -0.3 is 24.1 Å². The first-order valence-corrected chi connectivity index (χ1v) is 11.8. The molecular weight excluding hydrogens is 469 g/mol. The zero-order valence-electron chi connectivity index (χ0n) is 19.7. The molecule has 0 unspecified atom stereocenters. The van der Waals surface area contributed by atoms with Crippen molar-refractivity contribution in [1.82, 2.24) is 10.2 Å². The van der Waals surface area contributed by atoms with Crippen LogP contribution in [0.3, 0.4) is 0 Å². The maximum absolute atomic E-state index is 14.8.